The Bertz CT molecular complexity index is 310. The molecule has 0 saturated carbocycles. The van der Waals surface area contributed by atoms with Gasteiger partial charge in [-0.3, -0.25) is 0 Å². The van der Waals surface area contributed by atoms with E-state index in [0.29, 0.717) is 0 Å². The van der Waals surface area contributed by atoms with Gasteiger partial charge in [-0.2, -0.15) is 0 Å². The predicted molar refractivity (Wildman–Crippen MR) is 50.5 cm³/mol. The van der Waals surface area contributed by atoms with Crippen LogP contribution in [0.25, 0.3) is 0 Å². The zero-order valence-corrected chi connectivity index (χ0v) is 8.25. The van der Waals surface area contributed by atoms with Gasteiger partial charge in [-0.15, -0.1) is 0 Å². The van der Waals surface area contributed by atoms with Gasteiger partial charge in [0.15, 0.2) is 0 Å². The van der Waals surface area contributed by atoms with Crippen LogP contribution in [-0.2, 0) is 9.84 Å². The molecule has 0 bridgehead atoms. The Morgan fingerprint density at radius 1 is 0.923 bits per heavy atom. The van der Waals surface area contributed by atoms with Crippen LogP contribution in [0.5, 0.6) is 11.5 Å². The Labute approximate surface area is 77.4 Å². The number of aromatic hydroxyl groups is 2. The molecule has 0 aliphatic heterocycles. The van der Waals surface area contributed by atoms with Gasteiger partial charge in [-0.05, 0) is 24.3 Å². The smallest absolute Gasteiger partial charge is 0.144 e. The van der Waals surface area contributed by atoms with E-state index in [4.69, 9.17) is 10.2 Å². The fourth-order valence-corrected chi connectivity index (χ4v) is 0.453. The largest absolute Gasteiger partial charge is 0.508 e. The second kappa shape index (κ2) is 4.71. The number of hydrogen-bond donors (Lipinski definition) is 2. The molecule has 0 unspecified atom stereocenters. The first-order valence-corrected chi connectivity index (χ1v) is 5.72. The number of sulfone groups is 1. The van der Waals surface area contributed by atoms with Crippen LogP contribution in [0.2, 0.25) is 0 Å². The normalized spacial score (nSPS) is 10.0. The molecule has 0 amide bonds. The molecule has 2 N–H and O–H groups in total. The average molecular weight is 204 g/mol. The molecule has 0 heterocycles. The highest BCUT2D eigenvalue weighted by atomic mass is 32.2. The van der Waals surface area contributed by atoms with E-state index in [0.717, 1.165) is 12.5 Å². The molecule has 0 saturated heterocycles. The van der Waals surface area contributed by atoms with Crippen molar-refractivity contribution in [1.29, 1.82) is 0 Å². The van der Waals surface area contributed by atoms with Crippen LogP contribution < -0.4 is 0 Å². The van der Waals surface area contributed by atoms with Gasteiger partial charge in [0.2, 0.25) is 0 Å². The maximum atomic E-state index is 9.63. The summed E-state index contributed by atoms with van der Waals surface area (Å²) in [6.07, 6.45) is 2.32. The zero-order chi connectivity index (χ0) is 10.5. The van der Waals surface area contributed by atoms with Crippen molar-refractivity contribution < 1.29 is 18.6 Å². The molecule has 1 aromatic carbocycles. The van der Waals surface area contributed by atoms with E-state index in [9.17, 15) is 8.42 Å². The molecule has 1 aromatic rings. The van der Waals surface area contributed by atoms with E-state index in [1.54, 1.807) is 0 Å². The van der Waals surface area contributed by atoms with Crippen LogP contribution in [-0.4, -0.2) is 31.1 Å². The zero-order valence-electron chi connectivity index (χ0n) is 7.43. The van der Waals surface area contributed by atoms with Crippen molar-refractivity contribution in [3.63, 3.8) is 0 Å². The molecular weight excluding hydrogens is 192 g/mol. The molecule has 13 heavy (non-hydrogen) atoms. The van der Waals surface area contributed by atoms with Crippen LogP contribution in [0.3, 0.4) is 0 Å². The predicted octanol–water partition coefficient (Wildman–Crippen LogP) is 0.759. The maximum Gasteiger partial charge on any atom is 0.144 e. The molecule has 74 valence electrons. The summed E-state index contributed by atoms with van der Waals surface area (Å²) in [7, 11) is -2.67. The summed E-state index contributed by atoms with van der Waals surface area (Å²) in [5, 5.41) is 17.3. The number of phenolic OH excluding ortho intramolecular Hbond substituents is 2. The van der Waals surface area contributed by atoms with Gasteiger partial charge in [-0.1, -0.05) is 0 Å². The Kier molecular flexibility index (Phi) is 4.27. The summed E-state index contributed by atoms with van der Waals surface area (Å²) in [6.45, 7) is 0. The summed E-state index contributed by atoms with van der Waals surface area (Å²) >= 11 is 0. The first-order chi connectivity index (χ1) is 5.79. The van der Waals surface area contributed by atoms with Crippen LogP contribution in [0.1, 0.15) is 0 Å². The van der Waals surface area contributed by atoms with E-state index in [1.807, 2.05) is 0 Å². The summed E-state index contributed by atoms with van der Waals surface area (Å²) in [4.78, 5) is 0. The third-order valence-corrected chi connectivity index (χ3v) is 0.850. The third-order valence-electron chi connectivity index (χ3n) is 0.850. The van der Waals surface area contributed by atoms with Crippen molar-refractivity contribution in [3.05, 3.63) is 24.3 Å². The summed E-state index contributed by atoms with van der Waals surface area (Å²) in [5.41, 5.74) is 0. The highest BCUT2D eigenvalue weighted by molar-refractivity contribution is 7.89. The van der Waals surface area contributed by atoms with Gasteiger partial charge in [0.05, 0.1) is 0 Å². The Balaban J connectivity index is 0.000000252. The minimum absolute atomic E-state index is 0.169. The van der Waals surface area contributed by atoms with Gasteiger partial charge in [0, 0.05) is 12.5 Å². The summed E-state index contributed by atoms with van der Waals surface area (Å²) in [5.74, 6) is 0.339. The minimum atomic E-state index is -2.67. The van der Waals surface area contributed by atoms with Crippen molar-refractivity contribution in [3.8, 4) is 11.5 Å². The van der Waals surface area contributed by atoms with Crippen LogP contribution in [0.15, 0.2) is 24.3 Å². The van der Waals surface area contributed by atoms with Crippen LogP contribution in [0, 0.1) is 0 Å². The van der Waals surface area contributed by atoms with Crippen molar-refractivity contribution >= 4 is 9.84 Å². The van der Waals surface area contributed by atoms with Crippen molar-refractivity contribution in [1.82, 2.24) is 0 Å². The number of benzene rings is 1. The fraction of sp³-hybridized carbons (Fsp3) is 0.250. The Morgan fingerprint density at radius 3 is 1.23 bits per heavy atom. The number of rotatable bonds is 0. The van der Waals surface area contributed by atoms with Crippen LogP contribution in [0.4, 0.5) is 0 Å². The highest BCUT2D eigenvalue weighted by Crippen LogP contribution is 2.13. The van der Waals surface area contributed by atoms with E-state index < -0.39 is 9.84 Å². The molecule has 1 rings (SSSR count). The molecule has 0 radical (unpaired) electrons. The van der Waals surface area contributed by atoms with Gasteiger partial charge in [0.1, 0.15) is 21.3 Å². The van der Waals surface area contributed by atoms with Crippen molar-refractivity contribution in [2.24, 2.45) is 0 Å². The first kappa shape index (κ1) is 11.8. The SMILES string of the molecule is CS(C)(=O)=O.Oc1ccc(O)cc1. The lowest BCUT2D eigenvalue weighted by molar-refractivity contribution is 0.460. The van der Waals surface area contributed by atoms with Crippen LogP contribution >= 0.6 is 0 Å². The van der Waals surface area contributed by atoms with Gasteiger partial charge in [-0.25, -0.2) is 8.42 Å². The topological polar surface area (TPSA) is 74.6 Å². The molecule has 0 spiro atoms. The second-order valence-electron chi connectivity index (χ2n) is 2.66. The fourth-order valence-electron chi connectivity index (χ4n) is 0.453. The maximum absolute atomic E-state index is 9.63. The third kappa shape index (κ3) is 10.8. The minimum Gasteiger partial charge on any atom is -0.508 e. The summed E-state index contributed by atoms with van der Waals surface area (Å²) in [6, 6.07) is 5.70. The van der Waals surface area contributed by atoms with E-state index >= 15 is 0 Å². The summed E-state index contributed by atoms with van der Waals surface area (Å²) < 4.78 is 19.3. The Hall–Kier alpha value is -1.23. The molecule has 4 nitrogen and oxygen atoms in total. The van der Waals surface area contributed by atoms with E-state index in [1.165, 1.54) is 24.3 Å². The monoisotopic (exact) mass is 204 g/mol. The quantitative estimate of drug-likeness (QED) is 0.612. The van der Waals surface area contributed by atoms with Gasteiger partial charge in [0.25, 0.3) is 0 Å². The Morgan fingerprint density at radius 2 is 1.08 bits per heavy atom. The average Bonchev–Trinajstić information content (AvgIpc) is 1.92. The molecule has 0 fully saturated rings. The lowest BCUT2D eigenvalue weighted by atomic mass is 10.3. The molecule has 0 aliphatic rings. The van der Waals surface area contributed by atoms with Crippen molar-refractivity contribution in [2.75, 3.05) is 12.5 Å². The van der Waals surface area contributed by atoms with E-state index in [2.05, 4.69) is 0 Å². The van der Waals surface area contributed by atoms with Gasteiger partial charge >= 0.3 is 0 Å². The number of phenols is 2. The molecule has 0 atom stereocenters. The molecule has 0 aliphatic carbocycles. The first-order valence-electron chi connectivity index (χ1n) is 3.42. The van der Waals surface area contributed by atoms with Crippen molar-refractivity contribution in [2.45, 2.75) is 0 Å². The number of hydrogen-bond acceptors (Lipinski definition) is 4. The lowest BCUT2D eigenvalue weighted by Gasteiger charge is -1.88. The molecular formula is C8H12O4S. The van der Waals surface area contributed by atoms with E-state index in [-0.39, 0.29) is 11.5 Å². The molecule has 0 aromatic heterocycles. The lowest BCUT2D eigenvalue weighted by Crippen LogP contribution is -1.86. The standard InChI is InChI=1S/C6H6O2.C2H6O2S/c7-5-1-2-6(8)4-3-5;1-5(2,3)4/h1-4,7-8H;1-2H3. The second-order valence-corrected chi connectivity index (χ2v) is 4.95. The van der Waals surface area contributed by atoms with Gasteiger partial charge < -0.3 is 10.2 Å². The highest BCUT2D eigenvalue weighted by Gasteiger charge is 1.84. The molecule has 5 heteroatoms.